The molecule has 3 N–H and O–H groups in total. The van der Waals surface area contributed by atoms with Crippen LogP contribution in [-0.4, -0.2) is 48.7 Å². The molecule has 2 atom stereocenters. The lowest BCUT2D eigenvalue weighted by Gasteiger charge is -2.29. The summed E-state index contributed by atoms with van der Waals surface area (Å²) in [7, 11) is -3.19. The van der Waals surface area contributed by atoms with Crippen LogP contribution >= 0.6 is 0 Å². The highest BCUT2D eigenvalue weighted by molar-refractivity contribution is 7.70. The van der Waals surface area contributed by atoms with E-state index in [-0.39, 0.29) is 49.2 Å². The van der Waals surface area contributed by atoms with Crippen molar-refractivity contribution in [3.8, 4) is 22.9 Å². The maximum absolute atomic E-state index is 15.3. The third kappa shape index (κ3) is 5.82. The van der Waals surface area contributed by atoms with E-state index in [0.717, 1.165) is 0 Å². The molecule has 39 heavy (non-hydrogen) atoms. The van der Waals surface area contributed by atoms with Gasteiger partial charge < -0.3 is 15.4 Å². The summed E-state index contributed by atoms with van der Waals surface area (Å²) in [5, 5.41) is 6.05. The summed E-state index contributed by atoms with van der Waals surface area (Å²) in [4.78, 5) is 12.7. The van der Waals surface area contributed by atoms with Crippen molar-refractivity contribution in [2.75, 3.05) is 18.4 Å². The number of nitrogens with zero attached hydrogens (tertiary/aromatic N) is 3. The summed E-state index contributed by atoms with van der Waals surface area (Å²) in [6, 6.07) is 5.16. The number of rotatable bonds is 8. The topological polar surface area (TPSA) is 118 Å². The van der Waals surface area contributed by atoms with Crippen molar-refractivity contribution in [1.29, 1.82) is 0 Å². The molecule has 5 rings (SSSR count). The number of piperidine rings is 1. The standard InChI is InChI=1S/C25H26F4N6O3S/c26-14-10-15(13-30-12-14)33-24-32-9-5-18(34-24)16-4-3-8-31-23(16)38-19-11-17(27)20(22(29)21(19)28)25(35-39(36)37)6-1-2-7-25/h3-5,8-9,11,14-15,30,39H,1-2,6-7,10,12-13H2,(H,32,33,34)(H,35,36,37)/t14-,15-/m0/s1. The fourth-order valence-corrected chi connectivity index (χ4v) is 5.87. The van der Waals surface area contributed by atoms with Crippen LogP contribution in [0.3, 0.4) is 0 Å². The van der Waals surface area contributed by atoms with Gasteiger partial charge in [-0.05, 0) is 31.0 Å². The normalized spacial score (nSPS) is 20.7. The molecule has 0 amide bonds. The monoisotopic (exact) mass is 566 g/mol. The van der Waals surface area contributed by atoms with E-state index < -0.39 is 51.4 Å². The lowest BCUT2D eigenvalue weighted by atomic mass is 9.88. The summed E-state index contributed by atoms with van der Waals surface area (Å²) in [5.74, 6) is -4.87. The molecule has 2 aromatic heterocycles. The second kappa shape index (κ2) is 11.4. The van der Waals surface area contributed by atoms with Crippen molar-refractivity contribution in [2.45, 2.75) is 49.9 Å². The van der Waals surface area contributed by atoms with Crippen LogP contribution < -0.4 is 20.1 Å². The maximum atomic E-state index is 15.3. The fourth-order valence-electron chi connectivity index (χ4n) is 5.19. The van der Waals surface area contributed by atoms with E-state index in [9.17, 15) is 12.8 Å². The van der Waals surface area contributed by atoms with Crippen LogP contribution in [-0.2, 0) is 16.4 Å². The van der Waals surface area contributed by atoms with Gasteiger partial charge in [0.2, 0.25) is 28.5 Å². The Labute approximate surface area is 223 Å². The van der Waals surface area contributed by atoms with Crippen LogP contribution in [0.2, 0.25) is 0 Å². The van der Waals surface area contributed by atoms with Gasteiger partial charge in [-0.15, -0.1) is 0 Å². The second-order valence-corrected chi connectivity index (χ2v) is 10.3. The van der Waals surface area contributed by atoms with Crippen LogP contribution in [0.5, 0.6) is 11.6 Å². The van der Waals surface area contributed by atoms with Crippen LogP contribution in [0.15, 0.2) is 36.7 Å². The van der Waals surface area contributed by atoms with Gasteiger partial charge in [0, 0.05) is 49.6 Å². The first-order valence-corrected chi connectivity index (χ1v) is 13.6. The second-order valence-electron chi connectivity index (χ2n) is 9.57. The van der Waals surface area contributed by atoms with Crippen molar-refractivity contribution >= 4 is 16.8 Å². The molecule has 2 aliphatic rings. The van der Waals surface area contributed by atoms with Gasteiger partial charge in [-0.3, -0.25) is 0 Å². The summed E-state index contributed by atoms with van der Waals surface area (Å²) in [5.41, 5.74) is -1.64. The highest BCUT2D eigenvalue weighted by Crippen LogP contribution is 2.44. The van der Waals surface area contributed by atoms with E-state index in [1.807, 2.05) is 0 Å². The van der Waals surface area contributed by atoms with Gasteiger partial charge >= 0.3 is 0 Å². The number of anilines is 1. The Morgan fingerprint density at radius 3 is 2.59 bits per heavy atom. The maximum Gasteiger partial charge on any atom is 0.228 e. The Kier molecular flexibility index (Phi) is 7.96. The van der Waals surface area contributed by atoms with Crippen molar-refractivity contribution in [3.63, 3.8) is 0 Å². The number of hydrogen-bond acceptors (Lipinski definition) is 8. The molecule has 0 unspecified atom stereocenters. The minimum atomic E-state index is -3.19. The molecule has 3 aromatic rings. The molecule has 1 aliphatic heterocycles. The molecule has 9 nitrogen and oxygen atoms in total. The smallest absolute Gasteiger partial charge is 0.228 e. The molecule has 1 saturated heterocycles. The van der Waals surface area contributed by atoms with Crippen molar-refractivity contribution in [3.05, 3.63) is 59.7 Å². The minimum Gasteiger partial charge on any atom is -0.435 e. The van der Waals surface area contributed by atoms with Gasteiger partial charge in [0.25, 0.3) is 0 Å². The summed E-state index contributed by atoms with van der Waals surface area (Å²) in [6.07, 6.45) is 3.41. The lowest BCUT2D eigenvalue weighted by molar-refractivity contribution is 0.254. The molecular formula is C25H26F4N6O3S. The summed E-state index contributed by atoms with van der Waals surface area (Å²) >= 11 is 0. The van der Waals surface area contributed by atoms with Crippen LogP contribution in [0.4, 0.5) is 23.5 Å². The molecular weight excluding hydrogens is 540 g/mol. The van der Waals surface area contributed by atoms with Gasteiger partial charge in [0.1, 0.15) is 12.0 Å². The van der Waals surface area contributed by atoms with E-state index in [1.54, 1.807) is 18.2 Å². The largest absolute Gasteiger partial charge is 0.435 e. The number of alkyl halides is 1. The zero-order valence-electron chi connectivity index (χ0n) is 20.6. The van der Waals surface area contributed by atoms with E-state index in [4.69, 9.17) is 4.74 Å². The average molecular weight is 567 g/mol. The predicted molar refractivity (Wildman–Crippen MR) is 135 cm³/mol. The van der Waals surface area contributed by atoms with Crippen molar-refractivity contribution in [1.82, 2.24) is 25.0 Å². The SMILES string of the molecule is O=[SH](=O)NC1(c2c(F)cc(Oc3ncccc3-c3ccnc(N[C@@H]4CNC[C@@H](F)C4)n3)c(F)c2F)CCCC1. The van der Waals surface area contributed by atoms with Crippen LogP contribution in [0.1, 0.15) is 37.7 Å². The fraction of sp³-hybridized carbons (Fsp3) is 0.400. The molecule has 2 fully saturated rings. The highest BCUT2D eigenvalue weighted by Gasteiger charge is 2.42. The number of benzene rings is 1. The summed E-state index contributed by atoms with van der Waals surface area (Å²) in [6.45, 7) is 0.814. The molecule has 14 heteroatoms. The number of thiol groups is 1. The van der Waals surface area contributed by atoms with Crippen molar-refractivity contribution in [2.24, 2.45) is 0 Å². The Bertz CT molecular complexity index is 1430. The predicted octanol–water partition coefficient (Wildman–Crippen LogP) is 3.75. The Morgan fingerprint density at radius 2 is 1.85 bits per heavy atom. The molecule has 0 spiro atoms. The lowest BCUT2D eigenvalue weighted by Crippen LogP contribution is -2.44. The Hall–Kier alpha value is -3.36. The first-order valence-electron chi connectivity index (χ1n) is 12.4. The van der Waals surface area contributed by atoms with E-state index in [0.29, 0.717) is 31.1 Å². The van der Waals surface area contributed by atoms with Crippen LogP contribution in [0, 0.1) is 17.5 Å². The first kappa shape index (κ1) is 27.2. The number of ether oxygens (including phenoxy) is 1. The zero-order valence-corrected chi connectivity index (χ0v) is 21.5. The zero-order chi connectivity index (χ0) is 27.6. The average Bonchev–Trinajstić information content (AvgIpc) is 3.36. The van der Waals surface area contributed by atoms with Gasteiger partial charge in [-0.25, -0.2) is 41.3 Å². The van der Waals surface area contributed by atoms with Crippen LogP contribution in [0.25, 0.3) is 11.3 Å². The van der Waals surface area contributed by atoms with E-state index in [1.165, 1.54) is 12.4 Å². The first-order chi connectivity index (χ1) is 18.8. The summed E-state index contributed by atoms with van der Waals surface area (Å²) < 4.78 is 90.1. The molecule has 1 aliphatic carbocycles. The van der Waals surface area contributed by atoms with Gasteiger partial charge in [0.15, 0.2) is 11.6 Å². The Morgan fingerprint density at radius 1 is 1.05 bits per heavy atom. The number of nitrogens with one attached hydrogen (secondary N) is 3. The molecule has 0 radical (unpaired) electrons. The van der Waals surface area contributed by atoms with E-state index in [2.05, 4.69) is 30.3 Å². The third-order valence-corrected chi connectivity index (χ3v) is 7.52. The van der Waals surface area contributed by atoms with Gasteiger partial charge in [0.05, 0.1) is 16.8 Å². The molecule has 1 saturated carbocycles. The minimum absolute atomic E-state index is 0.126. The van der Waals surface area contributed by atoms with E-state index >= 15 is 13.2 Å². The number of aromatic nitrogens is 3. The van der Waals surface area contributed by atoms with Gasteiger partial charge in [-0.2, -0.15) is 4.39 Å². The number of hydrogen-bond donors (Lipinski definition) is 4. The molecule has 3 heterocycles. The van der Waals surface area contributed by atoms with Gasteiger partial charge in [-0.1, -0.05) is 12.8 Å². The molecule has 1 aromatic carbocycles. The third-order valence-electron chi connectivity index (χ3n) is 6.91. The number of pyridine rings is 1. The quantitative estimate of drug-likeness (QED) is 0.185. The highest BCUT2D eigenvalue weighted by atomic mass is 32.2. The Balaban J connectivity index is 1.45. The molecule has 208 valence electrons. The molecule has 0 bridgehead atoms. The number of halogens is 4. The van der Waals surface area contributed by atoms with Crippen molar-refractivity contribution < 1.29 is 30.7 Å².